The normalized spacial score (nSPS) is 10.4. The first-order chi connectivity index (χ1) is 14.0. The Labute approximate surface area is 169 Å². The van der Waals surface area contributed by atoms with E-state index < -0.39 is 5.91 Å². The van der Waals surface area contributed by atoms with Crippen LogP contribution in [0.2, 0.25) is 0 Å². The Morgan fingerprint density at radius 3 is 2.45 bits per heavy atom. The highest BCUT2D eigenvalue weighted by Gasteiger charge is 2.14. The van der Waals surface area contributed by atoms with Crippen molar-refractivity contribution in [2.24, 2.45) is 0 Å². The summed E-state index contributed by atoms with van der Waals surface area (Å²) in [4.78, 5) is 32.8. The lowest BCUT2D eigenvalue weighted by Gasteiger charge is -2.09. The molecule has 148 valence electrons. The van der Waals surface area contributed by atoms with E-state index in [2.05, 4.69) is 39.7 Å². The first kappa shape index (κ1) is 20.0. The van der Waals surface area contributed by atoms with Crippen molar-refractivity contribution in [1.29, 1.82) is 0 Å². The van der Waals surface area contributed by atoms with E-state index in [9.17, 15) is 9.59 Å². The summed E-state index contributed by atoms with van der Waals surface area (Å²) in [6.07, 6.45) is 2.46. The molecule has 0 aliphatic carbocycles. The van der Waals surface area contributed by atoms with Crippen molar-refractivity contribution < 1.29 is 9.59 Å². The SMILES string of the molecule is CCc1ccc(CNC(=O)c2cccc(-c3cnc(N)c(C(=O)NC)n3)c2)cc1. The molecule has 2 amide bonds. The summed E-state index contributed by atoms with van der Waals surface area (Å²) in [6, 6.07) is 15.1. The molecule has 0 atom stereocenters. The lowest BCUT2D eigenvalue weighted by molar-refractivity contribution is 0.0945. The van der Waals surface area contributed by atoms with Gasteiger partial charge in [0.05, 0.1) is 11.9 Å². The highest BCUT2D eigenvalue weighted by molar-refractivity contribution is 5.97. The second-order valence-electron chi connectivity index (χ2n) is 6.50. The van der Waals surface area contributed by atoms with Crippen molar-refractivity contribution in [3.63, 3.8) is 0 Å². The molecule has 0 saturated carbocycles. The van der Waals surface area contributed by atoms with Crippen LogP contribution >= 0.6 is 0 Å². The third kappa shape index (κ3) is 4.76. The molecule has 0 radical (unpaired) electrons. The Kier molecular flexibility index (Phi) is 6.19. The number of carbonyl (C=O) groups is 2. The number of benzene rings is 2. The second kappa shape index (κ2) is 8.97. The highest BCUT2D eigenvalue weighted by atomic mass is 16.2. The molecular formula is C22H23N5O2. The summed E-state index contributed by atoms with van der Waals surface area (Å²) < 4.78 is 0. The van der Waals surface area contributed by atoms with Crippen LogP contribution in [-0.2, 0) is 13.0 Å². The van der Waals surface area contributed by atoms with Crippen LogP contribution in [0.3, 0.4) is 0 Å². The number of anilines is 1. The minimum atomic E-state index is -0.417. The van der Waals surface area contributed by atoms with Crippen LogP contribution in [0, 0.1) is 0 Å². The fourth-order valence-electron chi connectivity index (χ4n) is 2.82. The van der Waals surface area contributed by atoms with Crippen molar-refractivity contribution in [1.82, 2.24) is 20.6 Å². The van der Waals surface area contributed by atoms with E-state index in [-0.39, 0.29) is 17.4 Å². The van der Waals surface area contributed by atoms with Crippen LogP contribution in [-0.4, -0.2) is 28.8 Å². The first-order valence-corrected chi connectivity index (χ1v) is 9.33. The van der Waals surface area contributed by atoms with Crippen LogP contribution in [0.25, 0.3) is 11.3 Å². The number of aromatic nitrogens is 2. The van der Waals surface area contributed by atoms with Gasteiger partial charge in [-0.05, 0) is 29.7 Å². The first-order valence-electron chi connectivity index (χ1n) is 9.33. The van der Waals surface area contributed by atoms with Gasteiger partial charge in [-0.1, -0.05) is 43.3 Å². The number of nitrogens with zero attached hydrogens (tertiary/aromatic N) is 2. The van der Waals surface area contributed by atoms with Gasteiger partial charge in [0, 0.05) is 24.7 Å². The maximum Gasteiger partial charge on any atom is 0.273 e. The van der Waals surface area contributed by atoms with Gasteiger partial charge in [-0.15, -0.1) is 0 Å². The molecule has 0 fully saturated rings. The summed E-state index contributed by atoms with van der Waals surface area (Å²) in [6.45, 7) is 2.54. The monoisotopic (exact) mass is 389 g/mol. The summed E-state index contributed by atoms with van der Waals surface area (Å²) >= 11 is 0. The molecule has 3 aromatic rings. The molecule has 4 N–H and O–H groups in total. The zero-order valence-corrected chi connectivity index (χ0v) is 16.4. The lowest BCUT2D eigenvalue weighted by atomic mass is 10.1. The third-order valence-electron chi connectivity index (χ3n) is 4.55. The van der Waals surface area contributed by atoms with Crippen molar-refractivity contribution in [3.8, 4) is 11.3 Å². The molecule has 0 saturated heterocycles. The fourth-order valence-corrected chi connectivity index (χ4v) is 2.82. The molecule has 0 unspecified atom stereocenters. The number of hydrogen-bond donors (Lipinski definition) is 3. The maximum atomic E-state index is 12.6. The summed E-state index contributed by atoms with van der Waals surface area (Å²) in [5, 5.41) is 5.40. The number of nitrogen functional groups attached to an aromatic ring is 1. The van der Waals surface area contributed by atoms with E-state index in [0.717, 1.165) is 12.0 Å². The second-order valence-corrected chi connectivity index (χ2v) is 6.50. The number of aryl methyl sites for hydroxylation is 1. The van der Waals surface area contributed by atoms with Crippen LogP contribution in [0.1, 0.15) is 38.9 Å². The average Bonchev–Trinajstić information content (AvgIpc) is 2.77. The lowest BCUT2D eigenvalue weighted by Crippen LogP contribution is -2.23. The van der Waals surface area contributed by atoms with Gasteiger partial charge >= 0.3 is 0 Å². The number of nitrogens with one attached hydrogen (secondary N) is 2. The van der Waals surface area contributed by atoms with E-state index >= 15 is 0 Å². The van der Waals surface area contributed by atoms with E-state index in [0.29, 0.717) is 23.4 Å². The Bertz CT molecular complexity index is 1030. The molecule has 7 nitrogen and oxygen atoms in total. The fraction of sp³-hybridized carbons (Fsp3) is 0.182. The van der Waals surface area contributed by atoms with Gasteiger partial charge in [0.1, 0.15) is 0 Å². The Morgan fingerprint density at radius 1 is 1.03 bits per heavy atom. The molecule has 3 rings (SSSR count). The van der Waals surface area contributed by atoms with Crippen molar-refractivity contribution in [2.75, 3.05) is 12.8 Å². The van der Waals surface area contributed by atoms with Crippen molar-refractivity contribution in [3.05, 3.63) is 77.1 Å². The average molecular weight is 389 g/mol. The van der Waals surface area contributed by atoms with Gasteiger partial charge < -0.3 is 16.4 Å². The molecule has 1 heterocycles. The summed E-state index contributed by atoms with van der Waals surface area (Å²) in [5.41, 5.74) is 9.70. The zero-order chi connectivity index (χ0) is 20.8. The van der Waals surface area contributed by atoms with Gasteiger partial charge in [-0.3, -0.25) is 9.59 Å². The number of carbonyl (C=O) groups excluding carboxylic acids is 2. The standard InChI is InChI=1S/C22H23N5O2/c1-3-14-7-9-15(10-8-14)12-26-21(28)17-6-4-5-16(11-17)18-13-25-20(23)19(27-18)22(29)24-2/h4-11,13H,3,12H2,1-2H3,(H2,23,25)(H,24,29)(H,26,28). The predicted molar refractivity (Wildman–Crippen MR) is 112 cm³/mol. The maximum absolute atomic E-state index is 12.6. The van der Waals surface area contributed by atoms with Gasteiger partial charge in [0.2, 0.25) is 0 Å². The predicted octanol–water partition coefficient (Wildman–Crippen LogP) is 2.58. The van der Waals surface area contributed by atoms with Gasteiger partial charge in [-0.25, -0.2) is 9.97 Å². The Balaban J connectivity index is 1.76. The topological polar surface area (TPSA) is 110 Å². The van der Waals surface area contributed by atoms with Crippen LogP contribution < -0.4 is 16.4 Å². The summed E-state index contributed by atoms with van der Waals surface area (Å²) in [5.74, 6) is -0.558. The smallest absolute Gasteiger partial charge is 0.273 e. The number of hydrogen-bond acceptors (Lipinski definition) is 5. The molecule has 29 heavy (non-hydrogen) atoms. The highest BCUT2D eigenvalue weighted by Crippen LogP contribution is 2.20. The van der Waals surface area contributed by atoms with Gasteiger partial charge in [-0.2, -0.15) is 0 Å². The van der Waals surface area contributed by atoms with Gasteiger partial charge in [0.25, 0.3) is 11.8 Å². The molecule has 2 aromatic carbocycles. The molecule has 0 aliphatic heterocycles. The van der Waals surface area contributed by atoms with Gasteiger partial charge in [0.15, 0.2) is 11.5 Å². The largest absolute Gasteiger partial charge is 0.382 e. The van der Waals surface area contributed by atoms with E-state index in [4.69, 9.17) is 5.73 Å². The zero-order valence-electron chi connectivity index (χ0n) is 16.4. The number of nitrogens with two attached hydrogens (primary N) is 1. The van der Waals surface area contributed by atoms with Crippen molar-refractivity contribution >= 4 is 17.6 Å². The van der Waals surface area contributed by atoms with E-state index in [1.54, 1.807) is 24.3 Å². The Morgan fingerprint density at radius 2 is 1.76 bits per heavy atom. The Hall–Kier alpha value is -3.74. The van der Waals surface area contributed by atoms with E-state index in [1.807, 2.05) is 12.1 Å². The number of amides is 2. The van der Waals surface area contributed by atoms with Crippen LogP contribution in [0.4, 0.5) is 5.82 Å². The number of rotatable bonds is 6. The summed E-state index contributed by atoms with van der Waals surface area (Å²) in [7, 11) is 1.50. The molecule has 1 aromatic heterocycles. The van der Waals surface area contributed by atoms with Crippen LogP contribution in [0.15, 0.2) is 54.7 Å². The van der Waals surface area contributed by atoms with Crippen LogP contribution in [0.5, 0.6) is 0 Å². The molecule has 0 aliphatic rings. The molecular weight excluding hydrogens is 366 g/mol. The van der Waals surface area contributed by atoms with E-state index in [1.165, 1.54) is 18.8 Å². The molecule has 7 heteroatoms. The van der Waals surface area contributed by atoms with Crippen molar-refractivity contribution in [2.45, 2.75) is 19.9 Å². The quantitative estimate of drug-likeness (QED) is 0.600. The molecule has 0 spiro atoms. The minimum Gasteiger partial charge on any atom is -0.382 e. The minimum absolute atomic E-state index is 0.0513. The molecule has 0 bridgehead atoms. The third-order valence-corrected chi connectivity index (χ3v) is 4.55.